The van der Waals surface area contributed by atoms with E-state index >= 15 is 0 Å². The highest BCUT2D eigenvalue weighted by Crippen LogP contribution is 2.27. The van der Waals surface area contributed by atoms with Gasteiger partial charge in [0.25, 0.3) is 0 Å². The van der Waals surface area contributed by atoms with Crippen molar-refractivity contribution in [1.29, 1.82) is 0 Å². The SMILES string of the molecule is CCN[C@@H](CC1CCCCC1)C(C)=O. The maximum Gasteiger partial charge on any atom is 0.146 e. The summed E-state index contributed by atoms with van der Waals surface area (Å²) in [7, 11) is 0. The number of carbonyl (C=O) groups excluding carboxylic acids is 1. The average molecular weight is 197 g/mol. The molecule has 0 amide bonds. The number of ketones is 1. The van der Waals surface area contributed by atoms with E-state index in [1.807, 2.05) is 0 Å². The van der Waals surface area contributed by atoms with Gasteiger partial charge >= 0.3 is 0 Å². The molecule has 1 atom stereocenters. The molecule has 1 saturated carbocycles. The molecule has 0 heterocycles. The van der Waals surface area contributed by atoms with Crippen LogP contribution in [0, 0.1) is 5.92 Å². The summed E-state index contributed by atoms with van der Waals surface area (Å²) in [4.78, 5) is 11.3. The first kappa shape index (κ1) is 11.7. The lowest BCUT2D eigenvalue weighted by molar-refractivity contribution is -0.119. The van der Waals surface area contributed by atoms with Crippen LogP contribution in [0.5, 0.6) is 0 Å². The molecule has 0 aliphatic heterocycles. The highest BCUT2D eigenvalue weighted by atomic mass is 16.1. The topological polar surface area (TPSA) is 29.1 Å². The maximum absolute atomic E-state index is 11.3. The third-order valence-electron chi connectivity index (χ3n) is 3.24. The summed E-state index contributed by atoms with van der Waals surface area (Å²) >= 11 is 0. The van der Waals surface area contributed by atoms with Crippen LogP contribution in [0.15, 0.2) is 0 Å². The molecular weight excluding hydrogens is 174 g/mol. The minimum Gasteiger partial charge on any atom is -0.308 e. The molecule has 0 aromatic carbocycles. The Balaban J connectivity index is 2.33. The van der Waals surface area contributed by atoms with Crippen molar-refractivity contribution in [2.75, 3.05) is 6.54 Å². The van der Waals surface area contributed by atoms with Crippen molar-refractivity contribution in [3.05, 3.63) is 0 Å². The van der Waals surface area contributed by atoms with Crippen LogP contribution in [0.2, 0.25) is 0 Å². The molecule has 0 aromatic heterocycles. The first-order chi connectivity index (χ1) is 6.74. The fraction of sp³-hybridized carbons (Fsp3) is 0.917. The second-order valence-electron chi connectivity index (χ2n) is 4.46. The van der Waals surface area contributed by atoms with E-state index in [-0.39, 0.29) is 6.04 Å². The normalized spacial score (nSPS) is 20.7. The monoisotopic (exact) mass is 197 g/mol. The minimum absolute atomic E-state index is 0.114. The van der Waals surface area contributed by atoms with Gasteiger partial charge in [-0.1, -0.05) is 39.0 Å². The summed E-state index contributed by atoms with van der Waals surface area (Å²) in [6, 6.07) is 0.114. The van der Waals surface area contributed by atoms with E-state index in [4.69, 9.17) is 0 Å². The van der Waals surface area contributed by atoms with Gasteiger partial charge in [-0.3, -0.25) is 4.79 Å². The number of carbonyl (C=O) groups is 1. The zero-order valence-electron chi connectivity index (χ0n) is 9.51. The molecule has 1 fully saturated rings. The van der Waals surface area contributed by atoms with Gasteiger partial charge in [0.2, 0.25) is 0 Å². The van der Waals surface area contributed by atoms with Crippen LogP contribution < -0.4 is 5.32 Å². The Morgan fingerprint density at radius 1 is 1.36 bits per heavy atom. The largest absolute Gasteiger partial charge is 0.308 e. The van der Waals surface area contributed by atoms with Crippen molar-refractivity contribution in [3.8, 4) is 0 Å². The molecule has 82 valence electrons. The van der Waals surface area contributed by atoms with Crippen molar-refractivity contribution < 1.29 is 4.79 Å². The summed E-state index contributed by atoms with van der Waals surface area (Å²) in [5.74, 6) is 1.09. The van der Waals surface area contributed by atoms with E-state index in [1.54, 1.807) is 6.92 Å². The molecule has 0 spiro atoms. The molecule has 14 heavy (non-hydrogen) atoms. The second kappa shape index (κ2) is 6.18. The second-order valence-corrected chi connectivity index (χ2v) is 4.46. The fourth-order valence-electron chi connectivity index (χ4n) is 2.40. The van der Waals surface area contributed by atoms with Gasteiger partial charge in [-0.2, -0.15) is 0 Å². The Labute approximate surface area is 87.5 Å². The molecule has 1 N–H and O–H groups in total. The molecule has 0 saturated heterocycles. The summed E-state index contributed by atoms with van der Waals surface area (Å²) in [6.45, 7) is 4.67. The molecule has 1 aliphatic rings. The molecule has 1 rings (SSSR count). The van der Waals surface area contributed by atoms with E-state index in [9.17, 15) is 4.79 Å². The molecule has 0 radical (unpaired) electrons. The van der Waals surface area contributed by atoms with E-state index in [1.165, 1.54) is 32.1 Å². The Hall–Kier alpha value is -0.370. The van der Waals surface area contributed by atoms with Crippen molar-refractivity contribution in [2.45, 2.75) is 58.4 Å². The molecule has 2 heteroatoms. The maximum atomic E-state index is 11.3. The number of likely N-dealkylation sites (N-methyl/N-ethyl adjacent to an activating group) is 1. The first-order valence-corrected chi connectivity index (χ1v) is 5.98. The van der Waals surface area contributed by atoms with Crippen LogP contribution in [0.4, 0.5) is 0 Å². The van der Waals surface area contributed by atoms with Crippen molar-refractivity contribution >= 4 is 5.78 Å². The van der Waals surface area contributed by atoms with E-state index in [2.05, 4.69) is 12.2 Å². The van der Waals surface area contributed by atoms with Gasteiger partial charge in [0, 0.05) is 0 Å². The Bertz CT molecular complexity index is 173. The standard InChI is InChI=1S/C12H23NO/c1-3-13-12(10(2)14)9-11-7-5-4-6-8-11/h11-13H,3-9H2,1-2H3/t12-/m0/s1. The summed E-state index contributed by atoms with van der Waals surface area (Å²) in [6.07, 6.45) is 7.83. The number of nitrogens with one attached hydrogen (secondary N) is 1. The third-order valence-corrected chi connectivity index (χ3v) is 3.24. The zero-order valence-corrected chi connectivity index (χ0v) is 9.51. The Kier molecular flexibility index (Phi) is 5.16. The summed E-state index contributed by atoms with van der Waals surface area (Å²) in [5.41, 5.74) is 0. The Morgan fingerprint density at radius 2 is 2.00 bits per heavy atom. The number of hydrogen-bond acceptors (Lipinski definition) is 2. The molecule has 0 aromatic rings. The predicted octanol–water partition coefficient (Wildman–Crippen LogP) is 2.52. The van der Waals surface area contributed by atoms with Gasteiger partial charge in [-0.25, -0.2) is 0 Å². The van der Waals surface area contributed by atoms with Gasteiger partial charge in [0.05, 0.1) is 6.04 Å². The molecule has 0 bridgehead atoms. The van der Waals surface area contributed by atoms with Gasteiger partial charge in [-0.15, -0.1) is 0 Å². The van der Waals surface area contributed by atoms with Crippen LogP contribution in [0.25, 0.3) is 0 Å². The van der Waals surface area contributed by atoms with Gasteiger partial charge < -0.3 is 5.32 Å². The van der Waals surface area contributed by atoms with Crippen molar-refractivity contribution in [1.82, 2.24) is 5.32 Å². The highest BCUT2D eigenvalue weighted by molar-refractivity contribution is 5.81. The smallest absolute Gasteiger partial charge is 0.146 e. The van der Waals surface area contributed by atoms with E-state index in [0.717, 1.165) is 18.9 Å². The van der Waals surface area contributed by atoms with Crippen LogP contribution in [-0.4, -0.2) is 18.4 Å². The zero-order chi connectivity index (χ0) is 10.4. The van der Waals surface area contributed by atoms with Crippen LogP contribution >= 0.6 is 0 Å². The average Bonchev–Trinajstić information content (AvgIpc) is 2.18. The van der Waals surface area contributed by atoms with E-state index < -0.39 is 0 Å². The molecule has 1 aliphatic carbocycles. The lowest BCUT2D eigenvalue weighted by atomic mass is 9.84. The molecule has 2 nitrogen and oxygen atoms in total. The number of rotatable bonds is 5. The Morgan fingerprint density at radius 3 is 2.50 bits per heavy atom. The molecular formula is C12H23NO. The number of hydrogen-bond donors (Lipinski definition) is 1. The number of Topliss-reactive ketones (excluding diaryl/α,β-unsaturated/α-hetero) is 1. The van der Waals surface area contributed by atoms with Crippen molar-refractivity contribution in [3.63, 3.8) is 0 Å². The lowest BCUT2D eigenvalue weighted by Gasteiger charge is -2.25. The summed E-state index contributed by atoms with van der Waals surface area (Å²) in [5, 5.41) is 3.28. The van der Waals surface area contributed by atoms with Gasteiger partial charge in [0.15, 0.2) is 0 Å². The third kappa shape index (κ3) is 3.79. The van der Waals surface area contributed by atoms with Crippen LogP contribution in [0.3, 0.4) is 0 Å². The lowest BCUT2D eigenvalue weighted by Crippen LogP contribution is -2.37. The van der Waals surface area contributed by atoms with Crippen molar-refractivity contribution in [2.24, 2.45) is 5.92 Å². The van der Waals surface area contributed by atoms with Gasteiger partial charge in [-0.05, 0) is 25.8 Å². The highest BCUT2D eigenvalue weighted by Gasteiger charge is 2.20. The quantitative estimate of drug-likeness (QED) is 0.733. The molecule has 0 unspecified atom stereocenters. The minimum atomic E-state index is 0.114. The van der Waals surface area contributed by atoms with Gasteiger partial charge in [0.1, 0.15) is 5.78 Å². The summed E-state index contributed by atoms with van der Waals surface area (Å²) < 4.78 is 0. The first-order valence-electron chi connectivity index (χ1n) is 5.98. The van der Waals surface area contributed by atoms with Crippen LogP contribution in [0.1, 0.15) is 52.4 Å². The van der Waals surface area contributed by atoms with E-state index in [0.29, 0.717) is 5.78 Å². The predicted molar refractivity (Wildman–Crippen MR) is 59.3 cm³/mol. The van der Waals surface area contributed by atoms with Crippen LogP contribution in [-0.2, 0) is 4.79 Å². The fourth-order valence-corrected chi connectivity index (χ4v) is 2.40.